The molecule has 1 fully saturated rings. The van der Waals surface area contributed by atoms with Gasteiger partial charge < -0.3 is 15.3 Å². The summed E-state index contributed by atoms with van der Waals surface area (Å²) in [6.07, 6.45) is 5.47. The highest BCUT2D eigenvalue weighted by atomic mass is 32.1. The predicted octanol–water partition coefficient (Wildman–Crippen LogP) is 1.74. The summed E-state index contributed by atoms with van der Waals surface area (Å²) in [5, 5.41) is 14.8. The number of aliphatic hydroxyl groups is 1. The van der Waals surface area contributed by atoms with Crippen molar-refractivity contribution < 1.29 is 9.90 Å². The van der Waals surface area contributed by atoms with E-state index in [1.807, 2.05) is 4.90 Å². The molecule has 1 aliphatic carbocycles. The molecule has 1 amide bonds. The van der Waals surface area contributed by atoms with Crippen molar-refractivity contribution in [2.45, 2.75) is 44.1 Å². The van der Waals surface area contributed by atoms with Gasteiger partial charge in [0.1, 0.15) is 0 Å². The SMILES string of the molecule is O=C(C1CCCc2sccc21)N(CCO)CC1CCCN1. The fraction of sp³-hybridized carbons (Fsp3) is 0.688. The number of fused-ring (bicyclic) bond motifs is 1. The van der Waals surface area contributed by atoms with Crippen LogP contribution in [-0.4, -0.2) is 48.2 Å². The van der Waals surface area contributed by atoms with Gasteiger partial charge in [-0.2, -0.15) is 0 Å². The summed E-state index contributed by atoms with van der Waals surface area (Å²) >= 11 is 1.77. The minimum Gasteiger partial charge on any atom is -0.395 e. The monoisotopic (exact) mass is 308 g/mol. The summed E-state index contributed by atoms with van der Waals surface area (Å²) in [5.41, 5.74) is 1.23. The van der Waals surface area contributed by atoms with E-state index in [0.29, 0.717) is 12.6 Å². The average molecular weight is 308 g/mol. The number of carbonyl (C=O) groups excluding carboxylic acids is 1. The van der Waals surface area contributed by atoms with E-state index < -0.39 is 0 Å². The zero-order valence-electron chi connectivity index (χ0n) is 12.4. The topological polar surface area (TPSA) is 52.6 Å². The van der Waals surface area contributed by atoms with Crippen LogP contribution in [0.2, 0.25) is 0 Å². The van der Waals surface area contributed by atoms with Crippen LogP contribution in [-0.2, 0) is 11.2 Å². The number of hydrogen-bond acceptors (Lipinski definition) is 4. The molecule has 1 aromatic heterocycles. The lowest BCUT2D eigenvalue weighted by Gasteiger charge is -2.31. The fourth-order valence-electron chi connectivity index (χ4n) is 3.55. The lowest BCUT2D eigenvalue weighted by molar-refractivity contribution is -0.134. The van der Waals surface area contributed by atoms with Crippen LogP contribution in [0.1, 0.15) is 42.0 Å². The lowest BCUT2D eigenvalue weighted by atomic mass is 9.86. The molecule has 116 valence electrons. The van der Waals surface area contributed by atoms with Crippen molar-refractivity contribution in [2.75, 3.05) is 26.2 Å². The van der Waals surface area contributed by atoms with Crippen molar-refractivity contribution in [3.8, 4) is 0 Å². The third-order valence-electron chi connectivity index (χ3n) is 4.63. The number of amides is 1. The number of rotatable bonds is 5. The molecule has 0 bridgehead atoms. The van der Waals surface area contributed by atoms with Gasteiger partial charge in [-0.25, -0.2) is 0 Å². The van der Waals surface area contributed by atoms with Crippen molar-refractivity contribution in [2.24, 2.45) is 0 Å². The summed E-state index contributed by atoms with van der Waals surface area (Å²) in [6.45, 7) is 2.27. The largest absolute Gasteiger partial charge is 0.395 e. The second-order valence-electron chi connectivity index (χ2n) is 6.05. The van der Waals surface area contributed by atoms with E-state index in [9.17, 15) is 9.90 Å². The van der Waals surface area contributed by atoms with E-state index in [1.54, 1.807) is 11.3 Å². The molecule has 1 saturated heterocycles. The highest BCUT2D eigenvalue weighted by Crippen LogP contribution is 2.36. The Hall–Kier alpha value is -0.910. The summed E-state index contributed by atoms with van der Waals surface area (Å²) in [4.78, 5) is 16.2. The van der Waals surface area contributed by atoms with Crippen LogP contribution in [0.5, 0.6) is 0 Å². The number of hydrogen-bond donors (Lipinski definition) is 2. The van der Waals surface area contributed by atoms with Gasteiger partial charge in [-0.15, -0.1) is 11.3 Å². The molecule has 5 heteroatoms. The van der Waals surface area contributed by atoms with E-state index in [2.05, 4.69) is 16.8 Å². The Morgan fingerprint density at radius 3 is 3.10 bits per heavy atom. The van der Waals surface area contributed by atoms with Gasteiger partial charge in [0.15, 0.2) is 0 Å². The molecular weight excluding hydrogens is 284 g/mol. The Bertz CT molecular complexity index is 482. The molecule has 0 aromatic carbocycles. The van der Waals surface area contributed by atoms with Crippen LogP contribution in [0.25, 0.3) is 0 Å². The lowest BCUT2D eigenvalue weighted by Crippen LogP contribution is -2.44. The normalized spacial score (nSPS) is 24.8. The first-order valence-electron chi connectivity index (χ1n) is 7.99. The molecule has 2 N–H and O–H groups in total. The van der Waals surface area contributed by atoms with Gasteiger partial charge in [0.2, 0.25) is 5.91 Å². The third kappa shape index (κ3) is 3.30. The fourth-order valence-corrected chi connectivity index (χ4v) is 4.54. The third-order valence-corrected chi connectivity index (χ3v) is 5.63. The Labute approximate surface area is 130 Å². The minimum atomic E-state index is 0.00736. The van der Waals surface area contributed by atoms with E-state index in [1.165, 1.54) is 16.9 Å². The maximum atomic E-state index is 12.9. The molecule has 2 heterocycles. The second-order valence-corrected chi connectivity index (χ2v) is 7.05. The highest BCUT2D eigenvalue weighted by Gasteiger charge is 2.31. The van der Waals surface area contributed by atoms with E-state index in [-0.39, 0.29) is 18.4 Å². The van der Waals surface area contributed by atoms with Crippen LogP contribution in [0, 0.1) is 0 Å². The van der Waals surface area contributed by atoms with Gasteiger partial charge in [-0.1, -0.05) is 0 Å². The predicted molar refractivity (Wildman–Crippen MR) is 84.7 cm³/mol. The summed E-state index contributed by atoms with van der Waals surface area (Å²) in [7, 11) is 0. The summed E-state index contributed by atoms with van der Waals surface area (Å²) < 4.78 is 0. The molecular formula is C16H24N2O2S. The number of nitrogens with one attached hydrogen (secondary N) is 1. The molecule has 2 aliphatic rings. The molecule has 1 aromatic rings. The zero-order chi connectivity index (χ0) is 14.7. The van der Waals surface area contributed by atoms with E-state index in [4.69, 9.17) is 0 Å². The highest BCUT2D eigenvalue weighted by molar-refractivity contribution is 7.10. The quantitative estimate of drug-likeness (QED) is 0.871. The van der Waals surface area contributed by atoms with Crippen LogP contribution in [0.3, 0.4) is 0 Å². The number of carbonyl (C=O) groups is 1. The number of nitrogens with zero attached hydrogens (tertiary/aromatic N) is 1. The smallest absolute Gasteiger partial charge is 0.230 e. The molecule has 0 spiro atoms. The standard InChI is InChI=1S/C16H24N2O2S/c19-9-8-18(11-12-3-2-7-17-12)16(20)14-4-1-5-15-13(14)6-10-21-15/h6,10,12,14,17,19H,1-5,7-9,11H2. The average Bonchev–Trinajstić information content (AvgIpc) is 3.16. The summed E-state index contributed by atoms with van der Waals surface area (Å²) in [5.74, 6) is 0.213. The van der Waals surface area contributed by atoms with Gasteiger partial charge in [0.25, 0.3) is 0 Å². The first kappa shape index (κ1) is 15.0. The Kier molecular flexibility index (Phi) is 4.93. The van der Waals surface area contributed by atoms with Gasteiger partial charge in [0.05, 0.1) is 12.5 Å². The van der Waals surface area contributed by atoms with Crippen LogP contribution >= 0.6 is 11.3 Å². The maximum Gasteiger partial charge on any atom is 0.230 e. The molecule has 1 aliphatic heterocycles. The Morgan fingerprint density at radius 2 is 2.33 bits per heavy atom. The minimum absolute atomic E-state index is 0.00736. The van der Waals surface area contributed by atoms with Crippen molar-refractivity contribution in [1.29, 1.82) is 0 Å². The van der Waals surface area contributed by atoms with Gasteiger partial charge in [-0.3, -0.25) is 4.79 Å². The summed E-state index contributed by atoms with van der Waals surface area (Å²) in [6, 6.07) is 2.51. The van der Waals surface area contributed by atoms with Crippen LogP contribution < -0.4 is 5.32 Å². The van der Waals surface area contributed by atoms with Gasteiger partial charge >= 0.3 is 0 Å². The Balaban J connectivity index is 1.72. The Morgan fingerprint density at radius 1 is 1.43 bits per heavy atom. The van der Waals surface area contributed by atoms with E-state index >= 15 is 0 Å². The number of thiophene rings is 1. The van der Waals surface area contributed by atoms with Crippen molar-refractivity contribution in [3.63, 3.8) is 0 Å². The molecule has 2 atom stereocenters. The first-order chi connectivity index (χ1) is 10.3. The van der Waals surface area contributed by atoms with Crippen LogP contribution in [0.4, 0.5) is 0 Å². The molecule has 4 nitrogen and oxygen atoms in total. The van der Waals surface area contributed by atoms with Crippen molar-refractivity contribution >= 4 is 17.2 Å². The van der Waals surface area contributed by atoms with E-state index in [0.717, 1.165) is 38.8 Å². The number of aryl methyl sites for hydroxylation is 1. The van der Waals surface area contributed by atoms with Crippen LogP contribution in [0.15, 0.2) is 11.4 Å². The first-order valence-corrected chi connectivity index (χ1v) is 8.87. The maximum absolute atomic E-state index is 12.9. The molecule has 0 radical (unpaired) electrons. The molecule has 3 rings (SSSR count). The van der Waals surface area contributed by atoms with Gasteiger partial charge in [0, 0.05) is 24.0 Å². The number of aliphatic hydroxyl groups excluding tert-OH is 1. The van der Waals surface area contributed by atoms with Crippen molar-refractivity contribution in [1.82, 2.24) is 10.2 Å². The van der Waals surface area contributed by atoms with Gasteiger partial charge in [-0.05, 0) is 55.7 Å². The second kappa shape index (κ2) is 6.90. The molecule has 0 saturated carbocycles. The molecule has 2 unspecified atom stereocenters. The zero-order valence-corrected chi connectivity index (χ0v) is 13.2. The molecule has 21 heavy (non-hydrogen) atoms. The van der Waals surface area contributed by atoms with Crippen molar-refractivity contribution in [3.05, 3.63) is 21.9 Å².